The van der Waals surface area contributed by atoms with Crippen LogP contribution in [0.15, 0.2) is 46.2 Å². The van der Waals surface area contributed by atoms with E-state index in [1.54, 1.807) is 41.1 Å². The molecule has 0 aliphatic carbocycles. The fourth-order valence-corrected chi connectivity index (χ4v) is 4.18. The number of anilines is 1. The van der Waals surface area contributed by atoms with Gasteiger partial charge < -0.3 is 9.73 Å². The molecule has 7 nitrogen and oxygen atoms in total. The van der Waals surface area contributed by atoms with E-state index in [0.29, 0.717) is 33.9 Å². The number of thiophene rings is 1. The van der Waals surface area contributed by atoms with Crippen molar-refractivity contribution in [3.63, 3.8) is 0 Å². The highest BCUT2D eigenvalue weighted by atomic mass is 32.1. The number of carbonyl (C=O) groups is 1. The fraction of sp³-hybridized carbons (Fsp3) is 0.143. The number of pyridine rings is 1. The number of amides is 1. The van der Waals surface area contributed by atoms with Gasteiger partial charge >= 0.3 is 0 Å². The van der Waals surface area contributed by atoms with Crippen LogP contribution >= 0.6 is 11.3 Å². The minimum absolute atomic E-state index is 0.217. The lowest BCUT2D eigenvalue weighted by Gasteiger charge is -2.09. The molecule has 5 aromatic rings. The second-order valence-electron chi connectivity index (χ2n) is 6.81. The van der Waals surface area contributed by atoms with E-state index in [-0.39, 0.29) is 5.91 Å². The Morgan fingerprint density at radius 1 is 1.17 bits per heavy atom. The van der Waals surface area contributed by atoms with Gasteiger partial charge in [0, 0.05) is 19.7 Å². The number of nitrogens with zero attached hydrogens (tertiary/aromatic N) is 4. The molecular weight excluding hydrogens is 386 g/mol. The number of carbonyl (C=O) groups excluding carboxylic acids is 1. The molecule has 5 rings (SSSR count). The summed E-state index contributed by atoms with van der Waals surface area (Å²) in [5, 5.41) is 10.2. The molecule has 4 heterocycles. The third-order valence-electron chi connectivity index (χ3n) is 4.74. The number of hydrogen-bond donors (Lipinski definition) is 1. The van der Waals surface area contributed by atoms with Crippen molar-refractivity contribution in [1.82, 2.24) is 19.7 Å². The summed E-state index contributed by atoms with van der Waals surface area (Å²) < 4.78 is 7.21. The van der Waals surface area contributed by atoms with Gasteiger partial charge in [0.25, 0.3) is 5.91 Å². The molecule has 0 aliphatic rings. The molecule has 1 aromatic carbocycles. The number of aromatic nitrogens is 4. The van der Waals surface area contributed by atoms with E-state index < -0.39 is 0 Å². The van der Waals surface area contributed by atoms with Crippen LogP contribution in [0.4, 0.5) is 5.69 Å². The van der Waals surface area contributed by atoms with Crippen LogP contribution in [0.1, 0.15) is 21.9 Å². The number of rotatable bonds is 3. The van der Waals surface area contributed by atoms with Crippen LogP contribution in [0.3, 0.4) is 0 Å². The minimum atomic E-state index is -0.217. The van der Waals surface area contributed by atoms with E-state index in [4.69, 9.17) is 9.40 Å². The first-order valence-electron chi connectivity index (χ1n) is 9.06. The Morgan fingerprint density at radius 3 is 2.83 bits per heavy atom. The molecule has 4 aromatic heterocycles. The zero-order chi connectivity index (χ0) is 20.1. The van der Waals surface area contributed by atoms with Gasteiger partial charge in [0.05, 0.1) is 27.2 Å². The van der Waals surface area contributed by atoms with Gasteiger partial charge in [0.2, 0.25) is 0 Å². The molecule has 0 atom stereocenters. The van der Waals surface area contributed by atoms with Gasteiger partial charge in [0.1, 0.15) is 5.52 Å². The Morgan fingerprint density at radius 2 is 2.03 bits per heavy atom. The molecule has 29 heavy (non-hydrogen) atoms. The zero-order valence-electron chi connectivity index (χ0n) is 16.1. The normalized spacial score (nSPS) is 11.4. The number of aryl methyl sites for hydroxylation is 3. The first-order valence-corrected chi connectivity index (χ1v) is 9.94. The van der Waals surface area contributed by atoms with Gasteiger partial charge in [-0.2, -0.15) is 5.10 Å². The predicted octanol–water partition coefficient (Wildman–Crippen LogP) is 4.71. The summed E-state index contributed by atoms with van der Waals surface area (Å²) in [5.41, 5.74) is 4.79. The second kappa shape index (κ2) is 6.52. The van der Waals surface area contributed by atoms with Gasteiger partial charge in [-0.25, -0.2) is 9.97 Å². The van der Waals surface area contributed by atoms with E-state index in [1.807, 2.05) is 37.6 Å². The number of hydrogen-bond acceptors (Lipinski definition) is 6. The largest absolute Gasteiger partial charge is 0.441 e. The molecule has 0 saturated heterocycles. The summed E-state index contributed by atoms with van der Waals surface area (Å²) in [7, 11) is 1.84. The van der Waals surface area contributed by atoms with E-state index in [1.165, 1.54) is 0 Å². The number of benzene rings is 1. The van der Waals surface area contributed by atoms with Gasteiger partial charge in [-0.05, 0) is 42.6 Å². The lowest BCUT2D eigenvalue weighted by Crippen LogP contribution is -2.13. The Labute approximate surface area is 170 Å². The fourth-order valence-electron chi connectivity index (χ4n) is 3.49. The summed E-state index contributed by atoms with van der Waals surface area (Å²) in [6.07, 6.45) is 0. The van der Waals surface area contributed by atoms with Crippen molar-refractivity contribution < 1.29 is 9.21 Å². The molecule has 0 fully saturated rings. The summed E-state index contributed by atoms with van der Waals surface area (Å²) in [5.74, 6) is 0.372. The van der Waals surface area contributed by atoms with Crippen molar-refractivity contribution in [2.24, 2.45) is 7.05 Å². The third-order valence-corrected chi connectivity index (χ3v) is 5.63. The topological polar surface area (TPSA) is 85.8 Å². The van der Waals surface area contributed by atoms with E-state index >= 15 is 0 Å². The van der Waals surface area contributed by atoms with Crippen molar-refractivity contribution in [1.29, 1.82) is 0 Å². The maximum Gasteiger partial charge on any atom is 0.256 e. The van der Waals surface area contributed by atoms with Gasteiger partial charge in [-0.1, -0.05) is 6.07 Å². The molecule has 0 radical (unpaired) electrons. The first-order chi connectivity index (χ1) is 14.0. The summed E-state index contributed by atoms with van der Waals surface area (Å²) in [6, 6.07) is 11.2. The van der Waals surface area contributed by atoms with Crippen molar-refractivity contribution in [2.45, 2.75) is 13.8 Å². The number of oxazole rings is 1. The highest BCUT2D eigenvalue weighted by molar-refractivity contribution is 7.13. The SMILES string of the molecule is Cc1nc2cc(NC(=O)c3cc(-c4cccs4)nc4c3c(C)nn4C)ccc2o1. The van der Waals surface area contributed by atoms with Crippen LogP contribution < -0.4 is 5.32 Å². The third kappa shape index (κ3) is 2.98. The Kier molecular flexibility index (Phi) is 3.95. The summed E-state index contributed by atoms with van der Waals surface area (Å²) in [6.45, 7) is 3.68. The Hall–Kier alpha value is -3.52. The monoisotopic (exact) mass is 403 g/mol. The van der Waals surface area contributed by atoms with Crippen LogP contribution in [0.5, 0.6) is 0 Å². The number of fused-ring (bicyclic) bond motifs is 2. The molecule has 8 heteroatoms. The highest BCUT2D eigenvalue weighted by Crippen LogP contribution is 2.30. The van der Waals surface area contributed by atoms with Crippen molar-refractivity contribution in [2.75, 3.05) is 5.32 Å². The second-order valence-corrected chi connectivity index (χ2v) is 7.76. The highest BCUT2D eigenvalue weighted by Gasteiger charge is 2.20. The van der Waals surface area contributed by atoms with E-state index in [0.717, 1.165) is 21.7 Å². The standard InChI is InChI=1S/C21H17N5O2S/c1-11-19-14(10-16(18-5-4-8-29-18)24-20(19)26(3)25-11)21(27)23-13-6-7-17-15(9-13)22-12(2)28-17/h4-10H,1-3H3,(H,23,27). The maximum atomic E-state index is 13.2. The lowest BCUT2D eigenvalue weighted by molar-refractivity contribution is 0.102. The molecule has 1 N–H and O–H groups in total. The van der Waals surface area contributed by atoms with E-state index in [2.05, 4.69) is 15.4 Å². The summed E-state index contributed by atoms with van der Waals surface area (Å²) >= 11 is 1.58. The molecular formula is C21H17N5O2S. The summed E-state index contributed by atoms with van der Waals surface area (Å²) in [4.78, 5) is 23.3. The van der Waals surface area contributed by atoms with Gasteiger partial charge in [-0.3, -0.25) is 9.48 Å². The van der Waals surface area contributed by atoms with Crippen LogP contribution in [0.2, 0.25) is 0 Å². The van der Waals surface area contributed by atoms with Crippen molar-refractivity contribution in [3.8, 4) is 10.6 Å². The first kappa shape index (κ1) is 17.6. The van der Waals surface area contributed by atoms with Crippen LogP contribution in [0.25, 0.3) is 32.7 Å². The quantitative estimate of drug-likeness (QED) is 0.472. The van der Waals surface area contributed by atoms with Gasteiger partial charge in [-0.15, -0.1) is 11.3 Å². The van der Waals surface area contributed by atoms with Crippen LogP contribution in [-0.4, -0.2) is 25.7 Å². The van der Waals surface area contributed by atoms with Crippen molar-refractivity contribution >= 4 is 45.1 Å². The molecule has 0 unspecified atom stereocenters. The Bertz CT molecular complexity index is 1380. The average Bonchev–Trinajstić information content (AvgIpc) is 3.40. The van der Waals surface area contributed by atoms with Crippen LogP contribution in [0, 0.1) is 13.8 Å². The number of nitrogens with one attached hydrogen (secondary N) is 1. The lowest BCUT2D eigenvalue weighted by atomic mass is 10.1. The predicted molar refractivity (Wildman–Crippen MR) is 113 cm³/mol. The molecule has 1 amide bonds. The molecule has 0 bridgehead atoms. The van der Waals surface area contributed by atoms with E-state index in [9.17, 15) is 4.79 Å². The minimum Gasteiger partial charge on any atom is -0.441 e. The molecule has 0 aliphatic heterocycles. The average molecular weight is 403 g/mol. The molecule has 0 saturated carbocycles. The molecule has 144 valence electrons. The van der Waals surface area contributed by atoms with Crippen LogP contribution in [-0.2, 0) is 7.05 Å². The van der Waals surface area contributed by atoms with Crippen molar-refractivity contribution in [3.05, 3.63) is 58.9 Å². The molecule has 0 spiro atoms. The van der Waals surface area contributed by atoms with Gasteiger partial charge in [0.15, 0.2) is 17.1 Å². The Balaban J connectivity index is 1.61. The smallest absolute Gasteiger partial charge is 0.256 e. The maximum absolute atomic E-state index is 13.2. The zero-order valence-corrected chi connectivity index (χ0v) is 16.9.